The van der Waals surface area contributed by atoms with E-state index in [1.54, 1.807) is 23.0 Å². The van der Waals surface area contributed by atoms with Gasteiger partial charge in [0.25, 0.3) is 5.91 Å². The van der Waals surface area contributed by atoms with Crippen molar-refractivity contribution in [3.63, 3.8) is 0 Å². The van der Waals surface area contributed by atoms with Gasteiger partial charge in [-0.15, -0.1) is 5.10 Å². The smallest absolute Gasteiger partial charge is 0.346 e. The van der Waals surface area contributed by atoms with Gasteiger partial charge in [0.2, 0.25) is 0 Å². The van der Waals surface area contributed by atoms with Crippen LogP contribution in [0.3, 0.4) is 0 Å². The molecule has 27 heavy (non-hydrogen) atoms. The summed E-state index contributed by atoms with van der Waals surface area (Å²) in [7, 11) is 0. The summed E-state index contributed by atoms with van der Waals surface area (Å²) in [6.45, 7) is 0.489. The number of carbonyl (C=O) groups excluding carboxylic acids is 1. The van der Waals surface area contributed by atoms with Crippen molar-refractivity contribution in [1.29, 1.82) is 0 Å². The number of pyridine rings is 1. The predicted octanol–water partition coefficient (Wildman–Crippen LogP) is 2.01. The van der Waals surface area contributed by atoms with E-state index >= 15 is 0 Å². The van der Waals surface area contributed by atoms with Gasteiger partial charge in [-0.05, 0) is 49.2 Å². The van der Waals surface area contributed by atoms with E-state index in [-0.39, 0.29) is 30.7 Å². The fraction of sp³-hybridized carbons (Fsp3) is 0.263. The Morgan fingerprint density at radius 3 is 2.67 bits per heavy atom. The van der Waals surface area contributed by atoms with Crippen molar-refractivity contribution in [1.82, 2.24) is 24.6 Å². The van der Waals surface area contributed by atoms with Crippen molar-refractivity contribution in [3.8, 4) is 11.4 Å². The van der Waals surface area contributed by atoms with Gasteiger partial charge in [-0.2, -0.15) is 0 Å². The van der Waals surface area contributed by atoms with Crippen LogP contribution in [0.25, 0.3) is 11.4 Å². The van der Waals surface area contributed by atoms with E-state index in [0.717, 1.165) is 18.4 Å². The minimum absolute atomic E-state index is 0.176. The summed E-state index contributed by atoms with van der Waals surface area (Å²) in [4.78, 5) is 28.9. The predicted molar refractivity (Wildman–Crippen MR) is 96.7 cm³/mol. The van der Waals surface area contributed by atoms with Gasteiger partial charge in [-0.25, -0.2) is 13.9 Å². The van der Waals surface area contributed by atoms with Crippen LogP contribution in [-0.4, -0.2) is 31.8 Å². The lowest BCUT2D eigenvalue weighted by molar-refractivity contribution is 0.0951. The molecule has 1 aromatic carbocycles. The zero-order chi connectivity index (χ0) is 18.8. The van der Waals surface area contributed by atoms with Gasteiger partial charge in [-0.1, -0.05) is 0 Å². The second-order valence-electron chi connectivity index (χ2n) is 6.43. The summed E-state index contributed by atoms with van der Waals surface area (Å²) in [5.41, 5.74) is 0.964. The highest BCUT2D eigenvalue weighted by Crippen LogP contribution is 2.36. The van der Waals surface area contributed by atoms with E-state index in [1.807, 2.05) is 6.07 Å². The normalized spacial score (nSPS) is 13.5. The summed E-state index contributed by atoms with van der Waals surface area (Å²) >= 11 is 0. The number of amides is 1. The third-order valence-electron chi connectivity index (χ3n) is 4.42. The zero-order valence-corrected chi connectivity index (χ0v) is 14.5. The SMILES string of the molecule is O=C(NCCn1nc(-c2cccnc2)n(C2CC2)c1=O)c1ccc(F)cc1. The fourth-order valence-corrected chi connectivity index (χ4v) is 2.90. The zero-order valence-electron chi connectivity index (χ0n) is 14.5. The first-order chi connectivity index (χ1) is 13.1. The van der Waals surface area contributed by atoms with E-state index in [0.29, 0.717) is 11.4 Å². The molecule has 1 amide bonds. The Hall–Kier alpha value is -3.29. The molecule has 138 valence electrons. The second kappa shape index (κ2) is 7.14. The van der Waals surface area contributed by atoms with Crippen LogP contribution >= 0.6 is 0 Å². The average Bonchev–Trinajstić information content (AvgIpc) is 3.47. The lowest BCUT2D eigenvalue weighted by Gasteiger charge is -2.04. The maximum absolute atomic E-state index is 12.9. The Morgan fingerprint density at radius 1 is 1.22 bits per heavy atom. The Morgan fingerprint density at radius 2 is 2.00 bits per heavy atom. The Balaban J connectivity index is 1.49. The van der Waals surface area contributed by atoms with E-state index in [9.17, 15) is 14.0 Å². The maximum atomic E-state index is 12.9. The van der Waals surface area contributed by atoms with Gasteiger partial charge in [0, 0.05) is 36.1 Å². The monoisotopic (exact) mass is 367 g/mol. The van der Waals surface area contributed by atoms with E-state index in [4.69, 9.17) is 0 Å². The highest BCUT2D eigenvalue weighted by Gasteiger charge is 2.30. The molecule has 2 aromatic heterocycles. The molecule has 0 spiro atoms. The van der Waals surface area contributed by atoms with Crippen molar-refractivity contribution < 1.29 is 9.18 Å². The number of aromatic nitrogens is 4. The molecule has 1 aliphatic carbocycles. The van der Waals surface area contributed by atoms with Crippen LogP contribution in [0.4, 0.5) is 4.39 Å². The number of carbonyl (C=O) groups is 1. The van der Waals surface area contributed by atoms with Crippen LogP contribution in [0.15, 0.2) is 53.6 Å². The number of nitrogens with one attached hydrogen (secondary N) is 1. The number of hydrogen-bond acceptors (Lipinski definition) is 4. The van der Waals surface area contributed by atoms with Crippen LogP contribution in [0.5, 0.6) is 0 Å². The molecule has 1 N–H and O–H groups in total. The first-order valence-corrected chi connectivity index (χ1v) is 8.77. The summed E-state index contributed by atoms with van der Waals surface area (Å²) in [5.74, 6) is -0.121. The molecule has 0 saturated heterocycles. The van der Waals surface area contributed by atoms with E-state index < -0.39 is 5.82 Å². The molecule has 0 aliphatic heterocycles. The summed E-state index contributed by atoms with van der Waals surface area (Å²) in [6, 6.07) is 9.15. The van der Waals surface area contributed by atoms with Gasteiger partial charge < -0.3 is 5.32 Å². The first-order valence-electron chi connectivity index (χ1n) is 8.77. The minimum atomic E-state index is -0.397. The Bertz CT molecular complexity index is 1010. The number of benzene rings is 1. The van der Waals surface area contributed by atoms with Crippen LogP contribution in [-0.2, 0) is 6.54 Å². The van der Waals surface area contributed by atoms with Crippen molar-refractivity contribution >= 4 is 5.91 Å². The fourth-order valence-electron chi connectivity index (χ4n) is 2.90. The van der Waals surface area contributed by atoms with Gasteiger partial charge in [0.15, 0.2) is 5.82 Å². The third-order valence-corrected chi connectivity index (χ3v) is 4.42. The van der Waals surface area contributed by atoms with E-state index in [1.165, 1.54) is 28.9 Å². The second-order valence-corrected chi connectivity index (χ2v) is 6.43. The molecule has 1 fully saturated rings. The first kappa shape index (κ1) is 17.1. The van der Waals surface area contributed by atoms with Crippen molar-refractivity contribution in [3.05, 3.63) is 70.7 Å². The Kier molecular flexibility index (Phi) is 4.53. The van der Waals surface area contributed by atoms with Crippen LogP contribution < -0.4 is 11.0 Å². The summed E-state index contributed by atoms with van der Waals surface area (Å²) in [5, 5.41) is 7.17. The number of hydrogen-bond donors (Lipinski definition) is 1. The molecule has 8 heteroatoms. The molecule has 3 aromatic rings. The summed E-state index contributed by atoms with van der Waals surface area (Å²) < 4.78 is 16.0. The number of halogens is 1. The summed E-state index contributed by atoms with van der Waals surface area (Å²) in [6.07, 6.45) is 5.27. The average molecular weight is 367 g/mol. The topological polar surface area (TPSA) is 81.8 Å². The van der Waals surface area contributed by atoms with Crippen LogP contribution in [0.2, 0.25) is 0 Å². The molecule has 2 heterocycles. The molecule has 1 saturated carbocycles. The number of rotatable bonds is 6. The molecule has 4 rings (SSSR count). The van der Waals surface area contributed by atoms with Crippen LogP contribution in [0.1, 0.15) is 29.2 Å². The largest absolute Gasteiger partial charge is 0.350 e. The van der Waals surface area contributed by atoms with Gasteiger partial charge in [-0.3, -0.25) is 14.3 Å². The number of nitrogens with zero attached hydrogens (tertiary/aromatic N) is 4. The minimum Gasteiger partial charge on any atom is -0.350 e. The molecule has 1 aliphatic rings. The van der Waals surface area contributed by atoms with Crippen molar-refractivity contribution in [2.75, 3.05) is 6.54 Å². The molecular weight excluding hydrogens is 349 g/mol. The molecule has 7 nitrogen and oxygen atoms in total. The highest BCUT2D eigenvalue weighted by atomic mass is 19.1. The molecule has 0 unspecified atom stereocenters. The van der Waals surface area contributed by atoms with Crippen molar-refractivity contribution in [2.24, 2.45) is 0 Å². The Labute approximate surface area is 154 Å². The van der Waals surface area contributed by atoms with E-state index in [2.05, 4.69) is 15.4 Å². The van der Waals surface area contributed by atoms with Crippen molar-refractivity contribution in [2.45, 2.75) is 25.4 Å². The lowest BCUT2D eigenvalue weighted by Crippen LogP contribution is -2.32. The third kappa shape index (κ3) is 3.64. The molecule has 0 radical (unpaired) electrons. The highest BCUT2D eigenvalue weighted by molar-refractivity contribution is 5.94. The standard InChI is InChI=1S/C19H18FN5O2/c20-15-5-3-13(4-6-15)18(26)22-10-11-24-19(27)25(16-7-8-16)17(23-24)14-2-1-9-21-12-14/h1-6,9,12,16H,7-8,10-11H2,(H,22,26). The maximum Gasteiger partial charge on any atom is 0.346 e. The quantitative estimate of drug-likeness (QED) is 0.723. The molecule has 0 bridgehead atoms. The lowest BCUT2D eigenvalue weighted by atomic mass is 10.2. The molecular formula is C19H18FN5O2. The van der Waals surface area contributed by atoms with Crippen LogP contribution in [0, 0.1) is 5.82 Å². The van der Waals surface area contributed by atoms with Gasteiger partial charge in [0.1, 0.15) is 5.82 Å². The molecule has 0 atom stereocenters. The van der Waals surface area contributed by atoms with Gasteiger partial charge >= 0.3 is 5.69 Å². The van der Waals surface area contributed by atoms with Gasteiger partial charge in [0.05, 0.1) is 6.54 Å².